The van der Waals surface area contributed by atoms with Gasteiger partial charge in [-0.15, -0.1) is 11.8 Å². The van der Waals surface area contributed by atoms with Gasteiger partial charge in [-0.3, -0.25) is 4.79 Å². The highest BCUT2D eigenvalue weighted by molar-refractivity contribution is 8.01. The van der Waals surface area contributed by atoms with Crippen molar-refractivity contribution in [3.05, 3.63) is 23.8 Å². The third kappa shape index (κ3) is 2.33. The Morgan fingerprint density at radius 3 is 2.59 bits per heavy atom. The van der Waals surface area contributed by atoms with E-state index in [1.165, 1.54) is 0 Å². The molecule has 0 aliphatic carbocycles. The van der Waals surface area contributed by atoms with Crippen LogP contribution in [0.4, 0.5) is 5.69 Å². The predicted molar refractivity (Wildman–Crippen MR) is 72.2 cm³/mol. The molecule has 1 heterocycles. The number of fused-ring (bicyclic) bond motifs is 1. The summed E-state index contributed by atoms with van der Waals surface area (Å²) in [5, 5.41) is 2.93. The maximum Gasteiger partial charge on any atom is 0.240 e. The molecule has 2 rings (SSSR count). The van der Waals surface area contributed by atoms with E-state index in [1.54, 1.807) is 11.8 Å². The summed E-state index contributed by atoms with van der Waals surface area (Å²) in [4.78, 5) is 12.9. The van der Waals surface area contributed by atoms with Crippen molar-refractivity contribution in [2.75, 3.05) is 5.32 Å². The van der Waals surface area contributed by atoms with Gasteiger partial charge in [0.05, 0.1) is 10.4 Å². The maximum absolute atomic E-state index is 11.8. The molecule has 3 nitrogen and oxygen atoms in total. The van der Waals surface area contributed by atoms with Crippen LogP contribution in [0.15, 0.2) is 23.1 Å². The molecule has 1 aliphatic rings. The molecule has 0 aromatic heterocycles. The van der Waals surface area contributed by atoms with E-state index >= 15 is 0 Å². The molecule has 4 heteroatoms. The first-order valence-corrected chi connectivity index (χ1v) is 6.46. The number of hydrogen-bond acceptors (Lipinski definition) is 3. The second kappa shape index (κ2) is 3.75. The molecule has 1 aliphatic heterocycles. The Hall–Kier alpha value is -1.00. The van der Waals surface area contributed by atoms with Gasteiger partial charge in [-0.1, -0.05) is 6.07 Å². The minimum atomic E-state index is -0.426. The SMILES string of the molecule is CC1(C)Sc2cc(C(C)(C)N)ccc2NC1=O. The Kier molecular flexibility index (Phi) is 2.75. The van der Waals surface area contributed by atoms with E-state index in [1.807, 2.05) is 39.8 Å². The second-order valence-corrected chi connectivity index (χ2v) is 7.16. The van der Waals surface area contributed by atoms with Gasteiger partial charge in [-0.2, -0.15) is 0 Å². The molecule has 1 aromatic carbocycles. The first kappa shape index (κ1) is 12.5. The van der Waals surface area contributed by atoms with Gasteiger partial charge in [0.2, 0.25) is 5.91 Å². The highest BCUT2D eigenvalue weighted by Gasteiger charge is 2.34. The molecular formula is C13H18N2OS. The topological polar surface area (TPSA) is 55.1 Å². The summed E-state index contributed by atoms with van der Waals surface area (Å²) in [6, 6.07) is 5.97. The summed E-state index contributed by atoms with van der Waals surface area (Å²) in [7, 11) is 0. The molecule has 0 fully saturated rings. The van der Waals surface area contributed by atoms with E-state index in [4.69, 9.17) is 5.73 Å². The Balaban J connectivity index is 2.45. The molecule has 0 bridgehead atoms. The highest BCUT2D eigenvalue weighted by Crippen LogP contribution is 2.43. The number of anilines is 1. The van der Waals surface area contributed by atoms with Crippen LogP contribution in [0.1, 0.15) is 33.3 Å². The van der Waals surface area contributed by atoms with Crippen LogP contribution in [-0.4, -0.2) is 10.7 Å². The first-order valence-electron chi connectivity index (χ1n) is 5.64. The number of benzene rings is 1. The molecule has 0 saturated heterocycles. The maximum atomic E-state index is 11.8. The molecule has 0 saturated carbocycles. The third-order valence-electron chi connectivity index (χ3n) is 2.89. The van der Waals surface area contributed by atoms with Gasteiger partial charge < -0.3 is 11.1 Å². The molecule has 1 amide bonds. The smallest absolute Gasteiger partial charge is 0.240 e. The number of nitrogens with two attached hydrogens (primary N) is 1. The second-order valence-electron chi connectivity index (χ2n) is 5.50. The fraction of sp³-hybridized carbons (Fsp3) is 0.462. The Morgan fingerprint density at radius 2 is 2.00 bits per heavy atom. The van der Waals surface area contributed by atoms with E-state index in [2.05, 4.69) is 11.4 Å². The minimum absolute atomic E-state index is 0.0507. The van der Waals surface area contributed by atoms with Crippen molar-refractivity contribution in [1.82, 2.24) is 0 Å². The van der Waals surface area contributed by atoms with Crippen molar-refractivity contribution >= 4 is 23.4 Å². The van der Waals surface area contributed by atoms with Crippen LogP contribution < -0.4 is 11.1 Å². The summed E-state index contributed by atoms with van der Waals surface area (Å²) < 4.78 is -0.426. The van der Waals surface area contributed by atoms with E-state index in [0.717, 1.165) is 16.1 Å². The molecular weight excluding hydrogens is 232 g/mol. The lowest BCUT2D eigenvalue weighted by molar-refractivity contribution is -0.117. The predicted octanol–water partition coefficient (Wildman–Crippen LogP) is 2.70. The van der Waals surface area contributed by atoms with Gasteiger partial charge in [-0.25, -0.2) is 0 Å². The number of rotatable bonds is 1. The zero-order valence-corrected chi connectivity index (χ0v) is 11.4. The fourth-order valence-corrected chi connectivity index (χ4v) is 2.81. The van der Waals surface area contributed by atoms with Crippen molar-refractivity contribution in [2.45, 2.75) is 42.9 Å². The molecule has 92 valence electrons. The third-order valence-corrected chi connectivity index (χ3v) is 4.14. The summed E-state index contributed by atoms with van der Waals surface area (Å²) in [5.74, 6) is 0.0507. The Morgan fingerprint density at radius 1 is 1.35 bits per heavy atom. The molecule has 17 heavy (non-hydrogen) atoms. The molecule has 0 unspecified atom stereocenters. The van der Waals surface area contributed by atoms with Crippen molar-refractivity contribution in [3.8, 4) is 0 Å². The normalized spacial score (nSPS) is 18.5. The van der Waals surface area contributed by atoms with Gasteiger partial charge in [0.15, 0.2) is 0 Å². The van der Waals surface area contributed by atoms with E-state index in [9.17, 15) is 4.79 Å². The van der Waals surface area contributed by atoms with Crippen LogP contribution in [0, 0.1) is 0 Å². The van der Waals surface area contributed by atoms with Crippen LogP contribution in [0.2, 0.25) is 0 Å². The summed E-state index contributed by atoms with van der Waals surface area (Å²) in [6.45, 7) is 7.81. The number of carbonyl (C=O) groups excluding carboxylic acids is 1. The van der Waals surface area contributed by atoms with Gasteiger partial charge in [0.25, 0.3) is 0 Å². The van der Waals surface area contributed by atoms with Crippen LogP contribution in [0.5, 0.6) is 0 Å². The highest BCUT2D eigenvalue weighted by atomic mass is 32.2. The number of hydrogen-bond donors (Lipinski definition) is 2. The molecule has 3 N–H and O–H groups in total. The van der Waals surface area contributed by atoms with E-state index < -0.39 is 4.75 Å². The zero-order chi connectivity index (χ0) is 12.8. The summed E-state index contributed by atoms with van der Waals surface area (Å²) in [6.07, 6.45) is 0. The van der Waals surface area contributed by atoms with Crippen molar-refractivity contribution in [2.24, 2.45) is 5.73 Å². The number of thioether (sulfide) groups is 1. The fourth-order valence-electron chi connectivity index (χ4n) is 1.70. The van der Waals surface area contributed by atoms with E-state index in [-0.39, 0.29) is 11.4 Å². The Labute approximate surface area is 106 Å². The van der Waals surface area contributed by atoms with Gasteiger partial charge >= 0.3 is 0 Å². The molecule has 0 atom stereocenters. The van der Waals surface area contributed by atoms with Crippen LogP contribution in [0.3, 0.4) is 0 Å². The lowest BCUT2D eigenvalue weighted by atomic mass is 9.95. The van der Waals surface area contributed by atoms with Crippen LogP contribution in [-0.2, 0) is 10.3 Å². The lowest BCUT2D eigenvalue weighted by Crippen LogP contribution is -2.37. The largest absolute Gasteiger partial charge is 0.324 e. The quantitative estimate of drug-likeness (QED) is 0.805. The first-order chi connectivity index (χ1) is 7.70. The number of amides is 1. The van der Waals surface area contributed by atoms with Gasteiger partial charge in [0.1, 0.15) is 0 Å². The lowest BCUT2D eigenvalue weighted by Gasteiger charge is -2.31. The average molecular weight is 250 g/mol. The average Bonchev–Trinajstić information content (AvgIpc) is 2.17. The van der Waals surface area contributed by atoms with Crippen LogP contribution in [0.25, 0.3) is 0 Å². The number of carbonyl (C=O) groups is 1. The van der Waals surface area contributed by atoms with Gasteiger partial charge in [-0.05, 0) is 45.4 Å². The number of nitrogens with one attached hydrogen (secondary N) is 1. The van der Waals surface area contributed by atoms with Gasteiger partial charge in [0, 0.05) is 10.4 Å². The minimum Gasteiger partial charge on any atom is -0.324 e. The Bertz CT molecular complexity index is 475. The van der Waals surface area contributed by atoms with Crippen molar-refractivity contribution < 1.29 is 4.79 Å². The van der Waals surface area contributed by atoms with Crippen molar-refractivity contribution in [1.29, 1.82) is 0 Å². The summed E-state index contributed by atoms with van der Waals surface area (Å²) in [5.41, 5.74) is 7.69. The molecule has 0 spiro atoms. The van der Waals surface area contributed by atoms with E-state index in [0.29, 0.717) is 0 Å². The molecule has 0 radical (unpaired) electrons. The van der Waals surface area contributed by atoms with Crippen LogP contribution >= 0.6 is 11.8 Å². The standard InChI is InChI=1S/C13H18N2OS/c1-12(2,14)8-5-6-9-10(7-8)17-13(3,4)11(16)15-9/h5-7H,14H2,1-4H3,(H,15,16). The summed E-state index contributed by atoms with van der Waals surface area (Å²) >= 11 is 1.58. The van der Waals surface area contributed by atoms with Crippen molar-refractivity contribution in [3.63, 3.8) is 0 Å². The zero-order valence-electron chi connectivity index (χ0n) is 10.6. The molecule has 1 aromatic rings. The monoisotopic (exact) mass is 250 g/mol.